The van der Waals surface area contributed by atoms with Gasteiger partial charge in [0.25, 0.3) is 0 Å². The van der Waals surface area contributed by atoms with Crippen LogP contribution in [0.3, 0.4) is 0 Å². The van der Waals surface area contributed by atoms with Crippen molar-refractivity contribution in [1.82, 2.24) is 9.44 Å². The maximum atomic E-state index is 10.1. The maximum absolute atomic E-state index is 10.1. The zero-order valence-electron chi connectivity index (χ0n) is 15.8. The van der Waals surface area contributed by atoms with E-state index in [1.54, 1.807) is 35.7 Å². The van der Waals surface area contributed by atoms with E-state index >= 15 is 0 Å². The van der Waals surface area contributed by atoms with Gasteiger partial charge in [-0.2, -0.15) is 11.8 Å². The number of hydrogen-bond acceptors (Lipinski definition) is 7. The van der Waals surface area contributed by atoms with Crippen molar-refractivity contribution in [2.75, 3.05) is 12.0 Å². The molecule has 0 aromatic carbocycles. The largest absolute Gasteiger partial charge is 1.00 e. The quantitative estimate of drug-likeness (QED) is 0.295. The van der Waals surface area contributed by atoms with Crippen LogP contribution in [-0.2, 0) is 4.79 Å². The normalized spacial score (nSPS) is 14.2. The molecular formula is C13H23N3Na2O2S3. The Hall–Kier alpha value is 1.04. The first-order valence-electron chi connectivity index (χ1n) is 6.11. The molecule has 0 bridgehead atoms. The fourth-order valence-corrected chi connectivity index (χ4v) is 2.18. The van der Waals surface area contributed by atoms with Crippen LogP contribution >= 0.6 is 35.7 Å². The average molecular weight is 396 g/mol. The zero-order chi connectivity index (χ0) is 15.8. The minimum Gasteiger partial charge on any atom is -1.00 e. The van der Waals surface area contributed by atoms with Gasteiger partial charge >= 0.3 is 65.1 Å². The van der Waals surface area contributed by atoms with Crippen molar-refractivity contribution >= 4 is 41.6 Å². The van der Waals surface area contributed by atoms with Gasteiger partial charge in [0, 0.05) is 12.4 Å². The van der Waals surface area contributed by atoms with E-state index in [0.29, 0.717) is 6.42 Å². The molecule has 5 nitrogen and oxygen atoms in total. The molecule has 23 heavy (non-hydrogen) atoms. The number of nitrogens with one attached hydrogen (secondary N) is 2. The molecule has 1 unspecified atom stereocenters. The SMILES string of the molecule is C1=CNSC=C1.C1=CNSC=C1.CSCCC(N)C(=O)O.[H-].[H-].[Na+].[Na+]. The Labute approximate surface area is 198 Å². The van der Waals surface area contributed by atoms with Crippen molar-refractivity contribution in [3.05, 3.63) is 47.5 Å². The summed E-state index contributed by atoms with van der Waals surface area (Å²) >= 11 is 4.76. The standard InChI is InChI=1S/C5H11NO2S.2C4H5NS.2Na.2H/c1-9-3-2-4(6)5(7)8;2*1-2-4-6-5-3-1;;;;/h4H,2-3,6H2,1H3,(H,7,8);2*1-5H;;;;/q;;;2*+1;2*-1. The Morgan fingerprint density at radius 2 is 1.65 bits per heavy atom. The van der Waals surface area contributed by atoms with Gasteiger partial charge in [-0.25, -0.2) is 0 Å². The molecule has 0 aromatic heterocycles. The van der Waals surface area contributed by atoms with Gasteiger partial charge in [0.1, 0.15) is 6.04 Å². The number of aliphatic carboxylic acids is 1. The smallest absolute Gasteiger partial charge is 1.00 e. The Kier molecular flexibility index (Phi) is 28.9. The minimum absolute atomic E-state index is 0. The Morgan fingerprint density at radius 1 is 1.17 bits per heavy atom. The molecule has 0 fully saturated rings. The number of carboxylic acid groups (broad SMARTS) is 1. The van der Waals surface area contributed by atoms with Gasteiger partial charge in [0.15, 0.2) is 0 Å². The van der Waals surface area contributed by atoms with Crippen molar-refractivity contribution in [3.63, 3.8) is 0 Å². The molecular weight excluding hydrogens is 372 g/mol. The van der Waals surface area contributed by atoms with Crippen molar-refractivity contribution < 1.29 is 71.9 Å². The first-order valence-corrected chi connectivity index (χ1v) is 9.27. The molecule has 10 heteroatoms. The molecule has 0 saturated carbocycles. The van der Waals surface area contributed by atoms with E-state index in [0.717, 1.165) is 5.75 Å². The fraction of sp³-hybridized carbons (Fsp3) is 0.308. The van der Waals surface area contributed by atoms with E-state index in [1.165, 1.54) is 0 Å². The summed E-state index contributed by atoms with van der Waals surface area (Å²) in [5, 5.41) is 12.2. The molecule has 0 aromatic rings. The Bertz CT molecular complexity index is 357. The molecule has 0 spiro atoms. The number of carboxylic acids is 1. The van der Waals surface area contributed by atoms with E-state index < -0.39 is 12.0 Å². The summed E-state index contributed by atoms with van der Waals surface area (Å²) in [5.74, 6) is -0.1000. The van der Waals surface area contributed by atoms with E-state index in [2.05, 4.69) is 9.44 Å². The second-order valence-corrected chi connectivity index (χ2v) is 6.05. The zero-order valence-corrected chi connectivity index (χ0v) is 20.2. The summed E-state index contributed by atoms with van der Waals surface area (Å²) < 4.78 is 5.87. The molecule has 2 rings (SSSR count). The first kappa shape index (κ1) is 28.8. The van der Waals surface area contributed by atoms with Crippen LogP contribution in [0.25, 0.3) is 0 Å². The van der Waals surface area contributed by atoms with Crippen LogP contribution in [0.5, 0.6) is 0 Å². The molecule has 2 aliphatic heterocycles. The maximum Gasteiger partial charge on any atom is 1.00 e. The van der Waals surface area contributed by atoms with E-state index in [1.807, 2.05) is 53.8 Å². The molecule has 5 N–H and O–H groups in total. The monoisotopic (exact) mass is 395 g/mol. The topological polar surface area (TPSA) is 87.4 Å². The summed E-state index contributed by atoms with van der Waals surface area (Å²) in [7, 11) is 0. The summed E-state index contributed by atoms with van der Waals surface area (Å²) in [4.78, 5) is 10.1. The van der Waals surface area contributed by atoms with Crippen LogP contribution in [0.15, 0.2) is 47.5 Å². The number of rotatable bonds is 4. The van der Waals surface area contributed by atoms with Crippen LogP contribution < -0.4 is 74.3 Å². The summed E-state index contributed by atoms with van der Waals surface area (Å²) in [5.41, 5.74) is 5.19. The summed E-state index contributed by atoms with van der Waals surface area (Å²) in [6.07, 6.45) is 14.1. The van der Waals surface area contributed by atoms with Gasteiger partial charge in [0.2, 0.25) is 0 Å². The van der Waals surface area contributed by atoms with Gasteiger partial charge < -0.3 is 23.1 Å². The molecule has 0 amide bonds. The Morgan fingerprint density at radius 3 is 1.83 bits per heavy atom. The minimum atomic E-state index is -0.913. The van der Waals surface area contributed by atoms with Crippen molar-refractivity contribution in [1.29, 1.82) is 0 Å². The average Bonchev–Trinajstić information content (AvgIpc) is 2.57. The molecule has 1 atom stereocenters. The van der Waals surface area contributed by atoms with Crippen LogP contribution in [0.4, 0.5) is 0 Å². The second-order valence-electron chi connectivity index (χ2n) is 3.57. The first-order chi connectivity index (χ1) is 10.2. The van der Waals surface area contributed by atoms with Crippen LogP contribution in [0, 0.1) is 0 Å². The second kappa shape index (κ2) is 23.0. The molecule has 0 aliphatic carbocycles. The van der Waals surface area contributed by atoms with E-state index in [4.69, 9.17) is 10.8 Å². The predicted octanol–water partition coefficient (Wildman–Crippen LogP) is -3.09. The summed E-state index contributed by atoms with van der Waals surface area (Å²) in [6.45, 7) is 0. The van der Waals surface area contributed by atoms with Crippen LogP contribution in [0.1, 0.15) is 9.27 Å². The Balaban J connectivity index is -0.0000000754. The van der Waals surface area contributed by atoms with Crippen molar-refractivity contribution in [3.8, 4) is 0 Å². The number of allylic oxidation sites excluding steroid dienone is 4. The van der Waals surface area contributed by atoms with Crippen LogP contribution in [-0.4, -0.2) is 29.1 Å². The van der Waals surface area contributed by atoms with Gasteiger partial charge in [0.05, 0.1) is 0 Å². The third-order valence-electron chi connectivity index (χ3n) is 1.93. The van der Waals surface area contributed by atoms with Gasteiger partial charge in [-0.15, -0.1) is 0 Å². The number of hydrogen-bond donors (Lipinski definition) is 4. The summed E-state index contributed by atoms with van der Waals surface area (Å²) in [6, 6.07) is -0.683. The van der Waals surface area contributed by atoms with Crippen LogP contribution in [0.2, 0.25) is 0 Å². The number of carbonyl (C=O) groups is 1. The fourth-order valence-electron chi connectivity index (χ4n) is 0.884. The van der Waals surface area contributed by atoms with Crippen molar-refractivity contribution in [2.45, 2.75) is 12.5 Å². The number of nitrogens with two attached hydrogens (primary N) is 1. The van der Waals surface area contributed by atoms with Gasteiger partial charge in [-0.3, -0.25) is 4.79 Å². The van der Waals surface area contributed by atoms with E-state index in [-0.39, 0.29) is 62.0 Å². The molecule has 122 valence electrons. The molecule has 2 aliphatic rings. The van der Waals surface area contributed by atoms with E-state index in [9.17, 15) is 4.79 Å². The molecule has 0 saturated heterocycles. The van der Waals surface area contributed by atoms with Gasteiger partial charge in [-0.05, 0) is 65.3 Å². The third-order valence-corrected chi connectivity index (χ3v) is 3.70. The molecule has 0 radical (unpaired) electrons. The van der Waals surface area contributed by atoms with Gasteiger partial charge in [-0.1, -0.05) is 12.2 Å². The third kappa shape index (κ3) is 23.0. The number of thioether (sulfide) groups is 1. The predicted molar refractivity (Wildman–Crippen MR) is 98.8 cm³/mol. The molecule has 2 heterocycles. The van der Waals surface area contributed by atoms with Crippen molar-refractivity contribution in [2.24, 2.45) is 5.73 Å².